The number of hydrogen-bond acceptors (Lipinski definition) is 3. The number of nitrogens with two attached hydrogens (primary N) is 1. The van der Waals surface area contributed by atoms with Crippen LogP contribution in [0.5, 0.6) is 0 Å². The van der Waals surface area contributed by atoms with Crippen molar-refractivity contribution < 1.29 is 0 Å². The summed E-state index contributed by atoms with van der Waals surface area (Å²) in [6, 6.07) is 24.3. The summed E-state index contributed by atoms with van der Waals surface area (Å²) in [7, 11) is 0. The first-order valence-electron chi connectivity index (χ1n) is 7.65. The van der Waals surface area contributed by atoms with Gasteiger partial charge in [0.1, 0.15) is 0 Å². The number of benzene rings is 3. The zero-order valence-electron chi connectivity index (χ0n) is 13.1. The molecule has 0 atom stereocenters. The van der Waals surface area contributed by atoms with E-state index in [1.807, 2.05) is 42.5 Å². The maximum Gasteiger partial charge on any atom is 0.0626 e. The zero-order valence-corrected chi connectivity index (χ0v) is 14.0. The maximum atomic E-state index is 8.02. The molecule has 0 bridgehead atoms. The van der Waals surface area contributed by atoms with E-state index < -0.39 is 0 Å². The third-order valence-electron chi connectivity index (χ3n) is 3.85. The van der Waals surface area contributed by atoms with Crippen LogP contribution in [-0.2, 0) is 0 Å². The second-order valence-corrected chi connectivity index (χ2v) is 5.93. The molecular weight excluding hydrogens is 312 g/mol. The molecule has 0 heterocycles. The lowest BCUT2D eigenvalue weighted by Gasteiger charge is -2.09. The molecule has 0 aliphatic rings. The third-order valence-corrected chi connectivity index (χ3v) is 4.24. The highest BCUT2D eigenvalue weighted by Gasteiger charge is 2.06. The fraction of sp³-hybridized carbons (Fsp3) is 0. The minimum absolute atomic E-state index is 0.399. The fourth-order valence-corrected chi connectivity index (χ4v) is 2.93. The van der Waals surface area contributed by atoms with Crippen LogP contribution in [0.4, 0.5) is 0 Å². The van der Waals surface area contributed by atoms with Crippen molar-refractivity contribution in [3.8, 4) is 22.3 Å². The van der Waals surface area contributed by atoms with Gasteiger partial charge in [0, 0.05) is 10.5 Å². The zero-order chi connectivity index (χ0) is 16.9. The van der Waals surface area contributed by atoms with E-state index in [4.69, 9.17) is 11.1 Å². The smallest absolute Gasteiger partial charge is 0.0626 e. The second kappa shape index (κ2) is 7.20. The number of thiol groups is 1. The Kier molecular flexibility index (Phi) is 4.82. The first kappa shape index (κ1) is 16.1. The molecule has 3 rings (SSSR count). The highest BCUT2D eigenvalue weighted by Crippen LogP contribution is 2.30. The van der Waals surface area contributed by atoms with Crippen LogP contribution < -0.4 is 5.73 Å². The molecule has 3 aromatic rings. The molecule has 0 aliphatic heterocycles. The van der Waals surface area contributed by atoms with Gasteiger partial charge in [-0.1, -0.05) is 54.6 Å². The van der Waals surface area contributed by atoms with E-state index in [1.54, 1.807) is 6.08 Å². The molecule has 118 valence electrons. The van der Waals surface area contributed by atoms with Gasteiger partial charge < -0.3 is 11.1 Å². The molecule has 0 aliphatic carbocycles. The van der Waals surface area contributed by atoms with Gasteiger partial charge in [-0.2, -0.15) is 0 Å². The summed E-state index contributed by atoms with van der Waals surface area (Å²) < 4.78 is 0. The number of rotatable bonds is 4. The molecule has 3 N–H and O–H groups in total. The van der Waals surface area contributed by atoms with E-state index in [-0.39, 0.29) is 0 Å². The Morgan fingerprint density at radius 2 is 1.50 bits per heavy atom. The molecule has 0 radical (unpaired) electrons. The lowest BCUT2D eigenvalue weighted by atomic mass is 9.97. The minimum atomic E-state index is 0.399. The molecule has 3 aromatic carbocycles. The van der Waals surface area contributed by atoms with E-state index in [1.165, 1.54) is 6.20 Å². The Labute approximate surface area is 147 Å². The molecule has 0 fully saturated rings. The van der Waals surface area contributed by atoms with Crippen molar-refractivity contribution in [3.63, 3.8) is 0 Å². The quantitative estimate of drug-likeness (QED) is 0.450. The summed E-state index contributed by atoms with van der Waals surface area (Å²) in [4.78, 5) is 0.957. The van der Waals surface area contributed by atoms with Gasteiger partial charge in [-0.3, -0.25) is 0 Å². The molecule has 0 unspecified atom stereocenters. The Balaban J connectivity index is 2.02. The summed E-state index contributed by atoms with van der Waals surface area (Å²) in [5.74, 6) is 0. The van der Waals surface area contributed by atoms with Crippen LogP contribution in [0.1, 0.15) is 5.56 Å². The monoisotopic (exact) mass is 330 g/mol. The number of hydrogen-bond donors (Lipinski definition) is 3. The largest absolute Gasteiger partial charge is 0.405 e. The highest BCUT2D eigenvalue weighted by atomic mass is 32.1. The van der Waals surface area contributed by atoms with Crippen LogP contribution in [0.15, 0.2) is 90.0 Å². The van der Waals surface area contributed by atoms with Gasteiger partial charge in [0.2, 0.25) is 0 Å². The highest BCUT2D eigenvalue weighted by molar-refractivity contribution is 7.80. The van der Waals surface area contributed by atoms with E-state index in [9.17, 15) is 0 Å². The van der Waals surface area contributed by atoms with Gasteiger partial charge in [-0.05, 0) is 52.7 Å². The first-order chi connectivity index (χ1) is 11.7. The molecule has 0 saturated carbocycles. The van der Waals surface area contributed by atoms with Crippen LogP contribution >= 0.6 is 12.6 Å². The lowest BCUT2D eigenvalue weighted by Crippen LogP contribution is -1.96. The van der Waals surface area contributed by atoms with Gasteiger partial charge in [-0.25, -0.2) is 0 Å². The number of nitrogens with one attached hydrogen (secondary N) is 1. The van der Waals surface area contributed by atoms with Crippen molar-refractivity contribution in [1.29, 1.82) is 5.41 Å². The van der Waals surface area contributed by atoms with Crippen LogP contribution in [0.3, 0.4) is 0 Å². The van der Waals surface area contributed by atoms with Gasteiger partial charge in [0.25, 0.3) is 0 Å². The molecule has 0 saturated heterocycles. The average Bonchev–Trinajstić information content (AvgIpc) is 2.62. The molecular formula is C21H18N2S. The van der Waals surface area contributed by atoms with Crippen molar-refractivity contribution in [2.24, 2.45) is 5.73 Å². The van der Waals surface area contributed by atoms with Gasteiger partial charge in [0.15, 0.2) is 0 Å². The normalized spacial score (nSPS) is 10.9. The van der Waals surface area contributed by atoms with Crippen molar-refractivity contribution in [2.75, 3.05) is 0 Å². The molecule has 0 amide bonds. The summed E-state index contributed by atoms with van der Waals surface area (Å²) >= 11 is 4.55. The van der Waals surface area contributed by atoms with E-state index in [0.29, 0.717) is 5.71 Å². The van der Waals surface area contributed by atoms with Gasteiger partial charge in [0.05, 0.1) is 5.71 Å². The van der Waals surface area contributed by atoms with Crippen LogP contribution in [0.2, 0.25) is 0 Å². The average molecular weight is 330 g/mol. The van der Waals surface area contributed by atoms with E-state index >= 15 is 0 Å². The summed E-state index contributed by atoms with van der Waals surface area (Å²) in [5, 5.41) is 8.02. The summed E-state index contributed by atoms with van der Waals surface area (Å²) in [5.41, 5.74) is 11.0. The summed E-state index contributed by atoms with van der Waals surface area (Å²) in [6.45, 7) is 0. The molecule has 3 heteroatoms. The van der Waals surface area contributed by atoms with Crippen molar-refractivity contribution in [2.45, 2.75) is 4.90 Å². The molecule has 0 aromatic heterocycles. The van der Waals surface area contributed by atoms with Crippen LogP contribution in [0, 0.1) is 5.41 Å². The standard InChI is InChI=1S/C21H18N2S/c22-12-11-20(23)18-8-4-6-16(14-18)15-5-3-7-17(13-15)19-9-1-2-10-21(19)24/h1-14,23-24H,22H2. The van der Waals surface area contributed by atoms with Crippen molar-refractivity contribution in [1.82, 2.24) is 0 Å². The van der Waals surface area contributed by atoms with Crippen LogP contribution in [-0.4, -0.2) is 5.71 Å². The minimum Gasteiger partial charge on any atom is -0.405 e. The summed E-state index contributed by atoms with van der Waals surface area (Å²) in [6.07, 6.45) is 2.98. The van der Waals surface area contributed by atoms with Crippen molar-refractivity contribution in [3.05, 3.63) is 90.6 Å². The number of allylic oxidation sites excluding steroid dienone is 1. The molecule has 0 spiro atoms. The van der Waals surface area contributed by atoms with Crippen LogP contribution in [0.25, 0.3) is 22.3 Å². The fourth-order valence-electron chi connectivity index (χ4n) is 2.64. The third kappa shape index (κ3) is 3.42. The van der Waals surface area contributed by atoms with Gasteiger partial charge in [-0.15, -0.1) is 12.6 Å². The second-order valence-electron chi connectivity index (χ2n) is 5.45. The Morgan fingerprint density at radius 3 is 2.25 bits per heavy atom. The Bertz CT molecular complexity index is 913. The van der Waals surface area contributed by atoms with Crippen molar-refractivity contribution >= 4 is 18.3 Å². The Morgan fingerprint density at radius 1 is 0.833 bits per heavy atom. The lowest BCUT2D eigenvalue weighted by molar-refractivity contribution is 1.45. The SMILES string of the molecule is N=C(C=CN)c1cccc(-c2cccc(-c3ccccc3S)c2)c1. The molecule has 2 nitrogen and oxygen atoms in total. The Hall–Kier alpha value is -2.78. The predicted octanol–water partition coefficient (Wildman–Crippen LogP) is 5.15. The van der Waals surface area contributed by atoms with E-state index in [2.05, 4.69) is 43.0 Å². The van der Waals surface area contributed by atoms with E-state index in [0.717, 1.165) is 32.7 Å². The molecule has 24 heavy (non-hydrogen) atoms. The first-order valence-corrected chi connectivity index (χ1v) is 8.10. The van der Waals surface area contributed by atoms with Gasteiger partial charge >= 0.3 is 0 Å². The predicted molar refractivity (Wildman–Crippen MR) is 105 cm³/mol. The topological polar surface area (TPSA) is 49.9 Å². The maximum absolute atomic E-state index is 8.02.